The van der Waals surface area contributed by atoms with E-state index in [1.807, 2.05) is 36.4 Å². The number of nitrogens with one attached hydrogen (secondary N) is 1. The number of aromatic nitrogens is 4. The first-order chi connectivity index (χ1) is 14.2. The van der Waals surface area contributed by atoms with Crippen LogP contribution < -0.4 is 10.9 Å². The predicted octanol–water partition coefficient (Wildman–Crippen LogP) is 4.07. The zero-order valence-corrected chi connectivity index (χ0v) is 15.7. The predicted molar refractivity (Wildman–Crippen MR) is 111 cm³/mol. The van der Waals surface area contributed by atoms with E-state index in [1.54, 1.807) is 23.0 Å². The van der Waals surface area contributed by atoms with Crippen LogP contribution in [-0.4, -0.2) is 19.5 Å². The van der Waals surface area contributed by atoms with Crippen LogP contribution in [0.2, 0.25) is 0 Å². The minimum atomic E-state index is -0.274. The average Bonchev–Trinajstić information content (AvgIpc) is 3.27. The number of hydrogen-bond donors (Lipinski definition) is 1. The fraction of sp³-hybridized carbons (Fsp3) is 0.227. The van der Waals surface area contributed by atoms with Crippen LogP contribution in [0.4, 0.5) is 11.6 Å². The Morgan fingerprint density at radius 3 is 2.72 bits per heavy atom. The Morgan fingerprint density at radius 2 is 1.90 bits per heavy atom. The monoisotopic (exact) mass is 382 g/mol. The summed E-state index contributed by atoms with van der Waals surface area (Å²) in [4.78, 5) is 26.3. The van der Waals surface area contributed by atoms with Gasteiger partial charge in [0.05, 0.1) is 17.4 Å². The molecule has 1 aromatic carbocycles. The van der Waals surface area contributed by atoms with Gasteiger partial charge in [0.1, 0.15) is 17.3 Å². The Labute approximate surface area is 166 Å². The fourth-order valence-electron chi connectivity index (χ4n) is 4.03. The summed E-state index contributed by atoms with van der Waals surface area (Å²) in [6.07, 6.45) is 7.39. The molecule has 0 atom stereocenters. The summed E-state index contributed by atoms with van der Waals surface area (Å²) in [7, 11) is 0. The molecule has 7 heteroatoms. The topological polar surface area (TPSA) is 96.5 Å². The van der Waals surface area contributed by atoms with Gasteiger partial charge in [0.15, 0.2) is 0 Å². The molecule has 29 heavy (non-hydrogen) atoms. The third kappa shape index (κ3) is 3.09. The Balaban J connectivity index is 1.61. The van der Waals surface area contributed by atoms with Gasteiger partial charge in [-0.05, 0) is 31.0 Å². The molecule has 5 rings (SSSR count). The number of benzene rings is 1. The molecule has 0 spiro atoms. The maximum Gasteiger partial charge on any atom is 0.270 e. The summed E-state index contributed by atoms with van der Waals surface area (Å²) in [6, 6.07) is 13.5. The molecule has 0 amide bonds. The molecule has 4 aromatic rings. The molecular formula is C22H18N6O. The van der Waals surface area contributed by atoms with Crippen molar-refractivity contribution in [2.45, 2.75) is 31.7 Å². The largest absolute Gasteiger partial charge is 0.323 e. The first-order valence-electron chi connectivity index (χ1n) is 9.67. The molecule has 1 N–H and O–H groups in total. The van der Waals surface area contributed by atoms with E-state index in [1.165, 1.54) is 0 Å². The van der Waals surface area contributed by atoms with Crippen molar-refractivity contribution in [3.8, 4) is 6.07 Å². The van der Waals surface area contributed by atoms with Crippen LogP contribution in [0.3, 0.4) is 0 Å². The van der Waals surface area contributed by atoms with E-state index < -0.39 is 0 Å². The third-order valence-electron chi connectivity index (χ3n) is 5.43. The van der Waals surface area contributed by atoms with Crippen LogP contribution in [-0.2, 0) is 0 Å². The van der Waals surface area contributed by atoms with E-state index in [0.29, 0.717) is 17.0 Å². The summed E-state index contributed by atoms with van der Waals surface area (Å²) >= 11 is 0. The second-order valence-electron chi connectivity index (χ2n) is 7.30. The van der Waals surface area contributed by atoms with Crippen molar-refractivity contribution in [3.05, 3.63) is 64.7 Å². The van der Waals surface area contributed by atoms with Crippen LogP contribution >= 0.6 is 0 Å². The summed E-state index contributed by atoms with van der Waals surface area (Å²) in [5.41, 5.74) is 2.10. The first-order valence-corrected chi connectivity index (χ1v) is 9.67. The molecule has 0 radical (unpaired) electrons. The number of rotatable bonds is 3. The quantitative estimate of drug-likeness (QED) is 0.574. The zero-order valence-electron chi connectivity index (χ0n) is 15.7. The standard InChI is InChI=1S/C22H18N6O/c23-11-15-9-16-12-25-22(26-17-10-14-5-1-4-8-19(14)24-13-17)27-20(16)28(21(15)29)18-6-2-3-7-18/h1,4-5,8-10,12-13,18H,2-3,6-7H2,(H,25,26,27). The minimum Gasteiger partial charge on any atom is -0.323 e. The molecule has 1 saturated carbocycles. The number of hydrogen-bond acceptors (Lipinski definition) is 6. The lowest BCUT2D eigenvalue weighted by Gasteiger charge is -2.17. The van der Waals surface area contributed by atoms with E-state index in [9.17, 15) is 10.1 Å². The van der Waals surface area contributed by atoms with Crippen LogP contribution in [0.25, 0.3) is 21.9 Å². The maximum atomic E-state index is 12.9. The highest BCUT2D eigenvalue weighted by Crippen LogP contribution is 2.31. The van der Waals surface area contributed by atoms with Gasteiger partial charge in [0.25, 0.3) is 5.56 Å². The number of pyridine rings is 2. The SMILES string of the molecule is N#Cc1cc2cnc(Nc3cnc4ccccc4c3)nc2n(C2CCCC2)c1=O. The smallest absolute Gasteiger partial charge is 0.270 e. The lowest BCUT2D eigenvalue weighted by molar-refractivity contribution is 0.515. The van der Waals surface area contributed by atoms with Gasteiger partial charge in [0.2, 0.25) is 5.95 Å². The Hall–Kier alpha value is -3.79. The molecular weight excluding hydrogens is 364 g/mol. The number of para-hydroxylation sites is 1. The number of fused-ring (bicyclic) bond motifs is 2. The number of nitrogens with zero attached hydrogens (tertiary/aromatic N) is 5. The van der Waals surface area contributed by atoms with Crippen LogP contribution in [0, 0.1) is 11.3 Å². The highest BCUT2D eigenvalue weighted by atomic mass is 16.1. The van der Waals surface area contributed by atoms with E-state index >= 15 is 0 Å². The van der Waals surface area contributed by atoms with E-state index in [-0.39, 0.29) is 17.2 Å². The van der Waals surface area contributed by atoms with Crippen LogP contribution in [0.5, 0.6) is 0 Å². The van der Waals surface area contributed by atoms with Crippen molar-refractivity contribution in [2.75, 3.05) is 5.32 Å². The normalized spacial score (nSPS) is 14.3. The molecule has 3 aromatic heterocycles. The second kappa shape index (κ2) is 6.99. The van der Waals surface area contributed by atoms with Crippen molar-refractivity contribution in [3.63, 3.8) is 0 Å². The van der Waals surface area contributed by atoms with Gasteiger partial charge >= 0.3 is 0 Å². The van der Waals surface area contributed by atoms with E-state index in [4.69, 9.17) is 0 Å². The fourth-order valence-corrected chi connectivity index (χ4v) is 4.03. The van der Waals surface area contributed by atoms with Gasteiger partial charge in [-0.1, -0.05) is 31.0 Å². The summed E-state index contributed by atoms with van der Waals surface area (Å²) in [5, 5.41) is 14.3. The molecule has 1 aliphatic carbocycles. The molecule has 0 saturated heterocycles. The van der Waals surface area contributed by atoms with Crippen molar-refractivity contribution in [1.29, 1.82) is 5.26 Å². The maximum absolute atomic E-state index is 12.9. The van der Waals surface area contributed by atoms with Gasteiger partial charge in [-0.15, -0.1) is 0 Å². The van der Waals surface area contributed by atoms with Gasteiger partial charge in [0, 0.05) is 23.0 Å². The summed E-state index contributed by atoms with van der Waals surface area (Å²) < 4.78 is 1.69. The molecule has 0 bridgehead atoms. The Bertz CT molecular complexity index is 1330. The summed E-state index contributed by atoms with van der Waals surface area (Å²) in [6.45, 7) is 0. The molecule has 7 nitrogen and oxygen atoms in total. The van der Waals surface area contributed by atoms with Gasteiger partial charge < -0.3 is 5.32 Å². The lowest BCUT2D eigenvalue weighted by Crippen LogP contribution is -2.26. The summed E-state index contributed by atoms with van der Waals surface area (Å²) in [5.74, 6) is 0.394. The molecule has 3 heterocycles. The first kappa shape index (κ1) is 17.3. The van der Waals surface area contributed by atoms with Crippen LogP contribution in [0.15, 0.2) is 53.6 Å². The molecule has 0 unspecified atom stereocenters. The second-order valence-corrected chi connectivity index (χ2v) is 7.30. The highest BCUT2D eigenvalue weighted by molar-refractivity contribution is 5.82. The lowest BCUT2D eigenvalue weighted by atomic mass is 10.2. The van der Waals surface area contributed by atoms with Crippen molar-refractivity contribution < 1.29 is 0 Å². The Kier molecular flexibility index (Phi) is 4.17. The molecule has 142 valence electrons. The zero-order chi connectivity index (χ0) is 19.8. The molecule has 1 fully saturated rings. The number of anilines is 2. The highest BCUT2D eigenvalue weighted by Gasteiger charge is 2.22. The molecule has 1 aliphatic rings. The van der Waals surface area contributed by atoms with Crippen LogP contribution in [0.1, 0.15) is 37.3 Å². The number of nitriles is 1. The van der Waals surface area contributed by atoms with Crippen molar-refractivity contribution in [1.82, 2.24) is 19.5 Å². The van der Waals surface area contributed by atoms with Gasteiger partial charge in [-0.2, -0.15) is 10.2 Å². The van der Waals surface area contributed by atoms with E-state index in [0.717, 1.165) is 42.3 Å². The van der Waals surface area contributed by atoms with Crippen molar-refractivity contribution in [2.24, 2.45) is 0 Å². The van der Waals surface area contributed by atoms with Gasteiger partial charge in [-0.25, -0.2) is 4.98 Å². The third-order valence-corrected chi connectivity index (χ3v) is 5.43. The van der Waals surface area contributed by atoms with E-state index in [2.05, 4.69) is 20.3 Å². The van der Waals surface area contributed by atoms with Gasteiger partial charge in [-0.3, -0.25) is 14.3 Å². The minimum absolute atomic E-state index is 0.0726. The molecule has 0 aliphatic heterocycles. The average molecular weight is 382 g/mol. The van der Waals surface area contributed by atoms with Crippen molar-refractivity contribution >= 4 is 33.6 Å². The Morgan fingerprint density at radius 1 is 1.07 bits per heavy atom.